The molecule has 0 amide bonds. The maximum atomic E-state index is 6.49. The molecular weight excluding hydrogens is 295 g/mol. The lowest BCUT2D eigenvalue weighted by Crippen LogP contribution is -2.15. The van der Waals surface area contributed by atoms with E-state index in [-0.39, 0.29) is 5.38 Å². The number of hydrogen-bond acceptors (Lipinski definition) is 2. The molecule has 112 valence electrons. The summed E-state index contributed by atoms with van der Waals surface area (Å²) in [6.45, 7) is 3.38. The summed E-state index contributed by atoms with van der Waals surface area (Å²) >= 11 is 12.8. The second-order valence-electron chi connectivity index (χ2n) is 5.19. The molecule has 1 aromatic carbocycles. The molecule has 0 aromatic heterocycles. The molecule has 0 saturated heterocycles. The van der Waals surface area contributed by atoms with Crippen LogP contribution in [0.25, 0.3) is 0 Å². The third kappa shape index (κ3) is 4.20. The number of rotatable bonds is 7. The second-order valence-corrected chi connectivity index (χ2v) is 6.12. The van der Waals surface area contributed by atoms with Crippen molar-refractivity contribution >= 4 is 23.2 Å². The fourth-order valence-corrected chi connectivity index (χ4v) is 3.08. The van der Waals surface area contributed by atoms with Gasteiger partial charge >= 0.3 is 0 Å². The zero-order valence-electron chi connectivity index (χ0n) is 12.0. The monoisotopic (exact) mass is 316 g/mol. The van der Waals surface area contributed by atoms with Crippen LogP contribution in [0.15, 0.2) is 12.1 Å². The van der Waals surface area contributed by atoms with Gasteiger partial charge in [-0.3, -0.25) is 0 Å². The van der Waals surface area contributed by atoms with E-state index in [0.717, 1.165) is 29.9 Å². The SMILES string of the molecule is CCCCCCCC(Cl)c1cc2c(cc1Cl)OCCO2. The highest BCUT2D eigenvalue weighted by Crippen LogP contribution is 2.40. The van der Waals surface area contributed by atoms with Crippen molar-refractivity contribution in [2.45, 2.75) is 50.8 Å². The Morgan fingerprint density at radius 3 is 2.40 bits per heavy atom. The highest BCUT2D eigenvalue weighted by atomic mass is 35.5. The van der Waals surface area contributed by atoms with Crippen LogP contribution in [0.3, 0.4) is 0 Å². The summed E-state index contributed by atoms with van der Waals surface area (Å²) in [4.78, 5) is 0. The third-order valence-electron chi connectivity index (χ3n) is 3.56. The van der Waals surface area contributed by atoms with Gasteiger partial charge in [-0.2, -0.15) is 0 Å². The maximum absolute atomic E-state index is 6.49. The number of unbranched alkanes of at least 4 members (excludes halogenated alkanes) is 4. The second kappa shape index (κ2) is 7.99. The summed E-state index contributed by atoms with van der Waals surface area (Å²) in [5.41, 5.74) is 0.952. The van der Waals surface area contributed by atoms with E-state index in [2.05, 4.69) is 6.92 Å². The van der Waals surface area contributed by atoms with Gasteiger partial charge in [0, 0.05) is 11.1 Å². The Labute approximate surface area is 131 Å². The van der Waals surface area contributed by atoms with Gasteiger partial charge in [-0.15, -0.1) is 11.6 Å². The number of alkyl halides is 1. The van der Waals surface area contributed by atoms with Crippen molar-refractivity contribution < 1.29 is 9.47 Å². The standard InChI is InChI=1S/C16H22Cl2O2/c1-2-3-4-5-6-7-13(17)12-10-15-16(11-14(12)18)20-9-8-19-15/h10-11,13H,2-9H2,1H3. The van der Waals surface area contributed by atoms with Gasteiger partial charge in [0.05, 0.1) is 5.38 Å². The van der Waals surface area contributed by atoms with Crippen molar-refractivity contribution in [2.24, 2.45) is 0 Å². The lowest BCUT2D eigenvalue weighted by Gasteiger charge is -2.21. The summed E-state index contributed by atoms with van der Waals surface area (Å²) in [7, 11) is 0. The van der Waals surface area contributed by atoms with E-state index in [1.54, 1.807) is 0 Å². The molecule has 0 bridgehead atoms. The molecule has 1 aliphatic rings. The first-order valence-electron chi connectivity index (χ1n) is 7.45. The Balaban J connectivity index is 1.93. The van der Waals surface area contributed by atoms with E-state index in [4.69, 9.17) is 32.7 Å². The van der Waals surface area contributed by atoms with Crippen LogP contribution in [0.5, 0.6) is 11.5 Å². The topological polar surface area (TPSA) is 18.5 Å². The first-order valence-corrected chi connectivity index (χ1v) is 8.27. The molecule has 4 heteroatoms. The third-order valence-corrected chi connectivity index (χ3v) is 4.34. The number of halogens is 2. The average Bonchev–Trinajstić information content (AvgIpc) is 2.46. The fourth-order valence-electron chi connectivity index (χ4n) is 2.40. The first-order chi connectivity index (χ1) is 9.72. The first kappa shape index (κ1) is 15.8. The van der Waals surface area contributed by atoms with Crippen LogP contribution in [0.1, 0.15) is 56.4 Å². The summed E-state index contributed by atoms with van der Waals surface area (Å²) in [5, 5.41) is 0.614. The molecule has 0 spiro atoms. The molecular formula is C16H22Cl2O2. The van der Waals surface area contributed by atoms with Crippen molar-refractivity contribution in [1.29, 1.82) is 0 Å². The zero-order chi connectivity index (χ0) is 14.4. The van der Waals surface area contributed by atoms with Gasteiger partial charge in [-0.25, -0.2) is 0 Å². The quantitative estimate of drug-likeness (QED) is 0.471. The minimum absolute atomic E-state index is 0.0556. The number of fused-ring (bicyclic) bond motifs is 1. The molecule has 0 saturated carbocycles. The fraction of sp³-hybridized carbons (Fsp3) is 0.625. The Morgan fingerprint density at radius 2 is 1.70 bits per heavy atom. The van der Waals surface area contributed by atoms with E-state index in [1.165, 1.54) is 25.7 Å². The Hall–Kier alpha value is -0.600. The lowest BCUT2D eigenvalue weighted by atomic mass is 10.0. The van der Waals surface area contributed by atoms with Gasteiger partial charge < -0.3 is 9.47 Å². The van der Waals surface area contributed by atoms with Gasteiger partial charge in [0.15, 0.2) is 11.5 Å². The van der Waals surface area contributed by atoms with E-state index in [9.17, 15) is 0 Å². The van der Waals surface area contributed by atoms with E-state index < -0.39 is 0 Å². The molecule has 20 heavy (non-hydrogen) atoms. The largest absolute Gasteiger partial charge is 0.486 e. The maximum Gasteiger partial charge on any atom is 0.162 e. The van der Waals surface area contributed by atoms with Crippen LogP contribution in [0.4, 0.5) is 0 Å². The minimum Gasteiger partial charge on any atom is -0.486 e. The summed E-state index contributed by atoms with van der Waals surface area (Å²) in [6, 6.07) is 3.75. The predicted molar refractivity (Wildman–Crippen MR) is 84.4 cm³/mol. The minimum atomic E-state index is -0.0556. The molecule has 1 atom stereocenters. The van der Waals surface area contributed by atoms with Crippen LogP contribution in [0, 0.1) is 0 Å². The molecule has 0 fully saturated rings. The molecule has 0 N–H and O–H groups in total. The normalized spacial score (nSPS) is 15.2. The Kier molecular flexibility index (Phi) is 6.31. The molecule has 0 aliphatic carbocycles. The molecule has 1 heterocycles. The van der Waals surface area contributed by atoms with E-state index in [0.29, 0.717) is 18.2 Å². The lowest BCUT2D eigenvalue weighted by molar-refractivity contribution is 0.171. The molecule has 0 radical (unpaired) electrons. The van der Waals surface area contributed by atoms with Crippen LogP contribution in [-0.4, -0.2) is 13.2 Å². The molecule has 2 rings (SSSR count). The van der Waals surface area contributed by atoms with Crippen molar-refractivity contribution in [3.05, 3.63) is 22.7 Å². The summed E-state index contributed by atoms with van der Waals surface area (Å²) in [5.74, 6) is 1.48. The summed E-state index contributed by atoms with van der Waals surface area (Å²) in [6.07, 6.45) is 7.17. The average molecular weight is 317 g/mol. The smallest absolute Gasteiger partial charge is 0.162 e. The molecule has 1 aromatic rings. The van der Waals surface area contributed by atoms with Crippen molar-refractivity contribution in [3.8, 4) is 11.5 Å². The van der Waals surface area contributed by atoms with Gasteiger partial charge in [-0.1, -0.05) is 50.6 Å². The van der Waals surface area contributed by atoms with Crippen LogP contribution in [-0.2, 0) is 0 Å². The Morgan fingerprint density at radius 1 is 1.05 bits per heavy atom. The van der Waals surface area contributed by atoms with Gasteiger partial charge in [-0.05, 0) is 18.1 Å². The number of hydrogen-bond donors (Lipinski definition) is 0. The van der Waals surface area contributed by atoms with Crippen LogP contribution in [0.2, 0.25) is 5.02 Å². The van der Waals surface area contributed by atoms with Gasteiger partial charge in [0.2, 0.25) is 0 Å². The highest BCUT2D eigenvalue weighted by Gasteiger charge is 2.19. The van der Waals surface area contributed by atoms with Gasteiger partial charge in [0.25, 0.3) is 0 Å². The predicted octanol–water partition coefficient (Wildman–Crippen LogP) is 5.75. The molecule has 2 nitrogen and oxygen atoms in total. The Bertz CT molecular complexity index is 435. The van der Waals surface area contributed by atoms with Gasteiger partial charge in [0.1, 0.15) is 13.2 Å². The number of ether oxygens (including phenoxy) is 2. The van der Waals surface area contributed by atoms with Crippen molar-refractivity contribution in [3.63, 3.8) is 0 Å². The molecule has 1 unspecified atom stereocenters. The molecule has 1 aliphatic heterocycles. The van der Waals surface area contributed by atoms with Crippen molar-refractivity contribution in [1.82, 2.24) is 0 Å². The number of benzene rings is 1. The highest BCUT2D eigenvalue weighted by molar-refractivity contribution is 6.33. The van der Waals surface area contributed by atoms with Crippen LogP contribution >= 0.6 is 23.2 Å². The van der Waals surface area contributed by atoms with E-state index in [1.807, 2.05) is 12.1 Å². The zero-order valence-corrected chi connectivity index (χ0v) is 13.5. The summed E-state index contributed by atoms with van der Waals surface area (Å²) < 4.78 is 11.1. The van der Waals surface area contributed by atoms with Crippen molar-refractivity contribution in [2.75, 3.05) is 13.2 Å². The van der Waals surface area contributed by atoms with Crippen LogP contribution < -0.4 is 9.47 Å². The van der Waals surface area contributed by atoms with E-state index >= 15 is 0 Å².